The summed E-state index contributed by atoms with van der Waals surface area (Å²) in [6.07, 6.45) is 4.46. The molecule has 0 radical (unpaired) electrons. The fraction of sp³-hybridized carbons (Fsp3) is 0.400. The standard InChI is InChI=1S/C20H26N4O2.HI/c1-21-20(23-13-16-7-8-16)24-15-17-9-10-19(22-14-17)26-12-11-25-18-5-3-2-4-6-18;/h2-6,9-10,14,16H,7-8,11-13,15H2,1H3,(H2,21,23,24);1H. The van der Waals surface area contributed by atoms with Gasteiger partial charge in [0.15, 0.2) is 5.96 Å². The molecular formula is C20H27IN4O2. The van der Waals surface area contributed by atoms with Crippen LogP contribution in [0.1, 0.15) is 18.4 Å². The monoisotopic (exact) mass is 482 g/mol. The van der Waals surface area contributed by atoms with Crippen molar-refractivity contribution < 1.29 is 9.47 Å². The number of guanidine groups is 1. The highest BCUT2D eigenvalue weighted by Crippen LogP contribution is 2.27. The van der Waals surface area contributed by atoms with E-state index in [-0.39, 0.29) is 24.0 Å². The van der Waals surface area contributed by atoms with Gasteiger partial charge in [-0.2, -0.15) is 0 Å². The van der Waals surface area contributed by atoms with Crippen LogP contribution in [-0.2, 0) is 6.54 Å². The maximum atomic E-state index is 5.61. The van der Waals surface area contributed by atoms with E-state index in [0.717, 1.165) is 29.7 Å². The molecule has 1 aliphatic rings. The molecule has 2 aromatic rings. The van der Waals surface area contributed by atoms with Crippen LogP contribution in [0.15, 0.2) is 53.7 Å². The molecule has 27 heavy (non-hydrogen) atoms. The highest BCUT2D eigenvalue weighted by molar-refractivity contribution is 14.0. The van der Waals surface area contributed by atoms with E-state index in [4.69, 9.17) is 9.47 Å². The van der Waals surface area contributed by atoms with Crippen LogP contribution in [0.3, 0.4) is 0 Å². The first kappa shape index (κ1) is 21.3. The quantitative estimate of drug-likeness (QED) is 0.249. The number of aromatic nitrogens is 1. The average molecular weight is 482 g/mol. The van der Waals surface area contributed by atoms with Crippen molar-refractivity contribution in [1.29, 1.82) is 0 Å². The SMILES string of the molecule is CN=C(NCc1ccc(OCCOc2ccccc2)nc1)NCC1CC1.I. The highest BCUT2D eigenvalue weighted by atomic mass is 127. The second-order valence-electron chi connectivity index (χ2n) is 6.26. The summed E-state index contributed by atoms with van der Waals surface area (Å²) in [7, 11) is 1.79. The summed E-state index contributed by atoms with van der Waals surface area (Å²) in [5.41, 5.74) is 1.08. The molecule has 6 nitrogen and oxygen atoms in total. The first-order chi connectivity index (χ1) is 12.8. The molecule has 0 bridgehead atoms. The van der Waals surface area contributed by atoms with E-state index in [9.17, 15) is 0 Å². The van der Waals surface area contributed by atoms with Crippen LogP contribution in [0.25, 0.3) is 0 Å². The van der Waals surface area contributed by atoms with Gasteiger partial charge in [0.05, 0.1) is 0 Å². The van der Waals surface area contributed by atoms with Crippen molar-refractivity contribution in [2.45, 2.75) is 19.4 Å². The minimum atomic E-state index is 0. The van der Waals surface area contributed by atoms with Crippen molar-refractivity contribution in [3.8, 4) is 11.6 Å². The number of hydrogen-bond donors (Lipinski definition) is 2. The van der Waals surface area contributed by atoms with Gasteiger partial charge in [0.2, 0.25) is 5.88 Å². The third-order valence-corrected chi connectivity index (χ3v) is 4.08. The van der Waals surface area contributed by atoms with E-state index in [1.54, 1.807) is 7.05 Å². The van der Waals surface area contributed by atoms with Gasteiger partial charge in [-0.15, -0.1) is 24.0 Å². The number of nitrogens with zero attached hydrogens (tertiary/aromatic N) is 2. The molecule has 1 heterocycles. The van der Waals surface area contributed by atoms with Crippen LogP contribution in [0.2, 0.25) is 0 Å². The smallest absolute Gasteiger partial charge is 0.213 e. The fourth-order valence-electron chi connectivity index (χ4n) is 2.39. The summed E-state index contributed by atoms with van der Waals surface area (Å²) in [6, 6.07) is 13.6. The van der Waals surface area contributed by atoms with Gasteiger partial charge in [-0.3, -0.25) is 4.99 Å². The molecule has 2 N–H and O–H groups in total. The summed E-state index contributed by atoms with van der Waals surface area (Å²) < 4.78 is 11.2. The minimum Gasteiger partial charge on any atom is -0.490 e. The lowest BCUT2D eigenvalue weighted by Gasteiger charge is -2.12. The first-order valence-corrected chi connectivity index (χ1v) is 9.03. The van der Waals surface area contributed by atoms with Crippen molar-refractivity contribution in [2.75, 3.05) is 26.8 Å². The molecule has 0 atom stereocenters. The molecule has 0 saturated heterocycles. The van der Waals surface area contributed by atoms with Gasteiger partial charge in [-0.05, 0) is 36.5 Å². The summed E-state index contributed by atoms with van der Waals surface area (Å²) in [5, 5.41) is 6.64. The largest absolute Gasteiger partial charge is 0.490 e. The predicted molar refractivity (Wildman–Crippen MR) is 118 cm³/mol. The number of hydrogen-bond acceptors (Lipinski definition) is 4. The van der Waals surface area contributed by atoms with Gasteiger partial charge in [0.1, 0.15) is 19.0 Å². The number of para-hydroxylation sites is 1. The molecular weight excluding hydrogens is 455 g/mol. The molecule has 1 saturated carbocycles. The molecule has 0 amide bonds. The molecule has 1 fully saturated rings. The van der Waals surface area contributed by atoms with Gasteiger partial charge in [0, 0.05) is 32.4 Å². The van der Waals surface area contributed by atoms with E-state index >= 15 is 0 Å². The van der Waals surface area contributed by atoms with Crippen LogP contribution < -0.4 is 20.1 Å². The molecule has 1 aromatic carbocycles. The van der Waals surface area contributed by atoms with Crippen LogP contribution in [-0.4, -0.2) is 37.7 Å². The second-order valence-corrected chi connectivity index (χ2v) is 6.26. The summed E-state index contributed by atoms with van der Waals surface area (Å²) in [5.74, 6) is 3.09. The lowest BCUT2D eigenvalue weighted by Crippen LogP contribution is -2.37. The van der Waals surface area contributed by atoms with Gasteiger partial charge in [-0.1, -0.05) is 24.3 Å². The number of ether oxygens (including phenoxy) is 2. The predicted octanol–water partition coefficient (Wildman–Crippen LogP) is 3.23. The molecule has 0 spiro atoms. The number of pyridine rings is 1. The Labute approximate surface area is 177 Å². The van der Waals surface area contributed by atoms with Crippen molar-refractivity contribution >= 4 is 29.9 Å². The Balaban J connectivity index is 0.00000261. The third-order valence-electron chi connectivity index (χ3n) is 4.08. The summed E-state index contributed by atoms with van der Waals surface area (Å²) >= 11 is 0. The van der Waals surface area contributed by atoms with E-state index in [0.29, 0.717) is 25.6 Å². The first-order valence-electron chi connectivity index (χ1n) is 9.03. The lowest BCUT2D eigenvalue weighted by atomic mass is 10.3. The molecule has 1 aromatic heterocycles. The Morgan fingerprint density at radius 3 is 2.52 bits per heavy atom. The summed E-state index contributed by atoms with van der Waals surface area (Å²) in [6.45, 7) is 2.61. The normalized spacial score (nSPS) is 13.4. The van der Waals surface area contributed by atoms with Crippen molar-refractivity contribution in [2.24, 2.45) is 10.9 Å². The molecule has 0 unspecified atom stereocenters. The zero-order valence-electron chi connectivity index (χ0n) is 15.6. The van der Waals surface area contributed by atoms with Crippen LogP contribution in [0.4, 0.5) is 0 Å². The molecule has 1 aliphatic carbocycles. The van der Waals surface area contributed by atoms with Gasteiger partial charge in [-0.25, -0.2) is 4.98 Å². The maximum Gasteiger partial charge on any atom is 0.213 e. The van der Waals surface area contributed by atoms with Crippen LogP contribution in [0, 0.1) is 5.92 Å². The van der Waals surface area contributed by atoms with Crippen molar-refractivity contribution in [3.05, 3.63) is 54.2 Å². The van der Waals surface area contributed by atoms with E-state index in [1.807, 2.05) is 48.7 Å². The number of rotatable bonds is 9. The zero-order chi connectivity index (χ0) is 18.0. The average Bonchev–Trinajstić information content (AvgIpc) is 3.52. The number of benzene rings is 1. The Bertz CT molecular complexity index is 691. The van der Waals surface area contributed by atoms with Gasteiger partial charge >= 0.3 is 0 Å². The maximum absolute atomic E-state index is 5.61. The Morgan fingerprint density at radius 2 is 1.85 bits per heavy atom. The van der Waals surface area contributed by atoms with E-state index in [2.05, 4.69) is 20.6 Å². The van der Waals surface area contributed by atoms with Gasteiger partial charge in [0.25, 0.3) is 0 Å². The van der Waals surface area contributed by atoms with Crippen molar-refractivity contribution in [1.82, 2.24) is 15.6 Å². The van der Waals surface area contributed by atoms with E-state index in [1.165, 1.54) is 12.8 Å². The summed E-state index contributed by atoms with van der Waals surface area (Å²) in [4.78, 5) is 8.56. The lowest BCUT2D eigenvalue weighted by molar-refractivity contribution is 0.212. The van der Waals surface area contributed by atoms with Crippen molar-refractivity contribution in [3.63, 3.8) is 0 Å². The second kappa shape index (κ2) is 11.6. The molecule has 0 aliphatic heterocycles. The molecule has 3 rings (SSSR count). The van der Waals surface area contributed by atoms with E-state index < -0.39 is 0 Å². The number of aliphatic imine (C=N–C) groups is 1. The Hall–Kier alpha value is -2.03. The fourth-order valence-corrected chi connectivity index (χ4v) is 2.39. The minimum absolute atomic E-state index is 0. The van der Waals surface area contributed by atoms with Crippen LogP contribution >= 0.6 is 24.0 Å². The van der Waals surface area contributed by atoms with Gasteiger partial charge < -0.3 is 20.1 Å². The highest BCUT2D eigenvalue weighted by Gasteiger charge is 2.20. The number of nitrogens with one attached hydrogen (secondary N) is 2. The molecule has 146 valence electrons. The zero-order valence-corrected chi connectivity index (χ0v) is 17.9. The number of halogens is 1. The third kappa shape index (κ3) is 8.03. The molecule has 7 heteroatoms. The Morgan fingerprint density at radius 1 is 1.07 bits per heavy atom. The topological polar surface area (TPSA) is 67.8 Å². The van der Waals surface area contributed by atoms with Crippen LogP contribution in [0.5, 0.6) is 11.6 Å². The Kier molecular flexibility index (Phi) is 9.17.